The van der Waals surface area contributed by atoms with Crippen LogP contribution in [-0.4, -0.2) is 37.0 Å². The van der Waals surface area contributed by atoms with E-state index in [-0.39, 0.29) is 5.41 Å². The van der Waals surface area contributed by atoms with E-state index in [9.17, 15) is 0 Å². The number of hydrazone groups is 1. The van der Waals surface area contributed by atoms with Crippen molar-refractivity contribution in [1.82, 2.24) is 5.01 Å². The second-order valence-electron chi connectivity index (χ2n) is 5.43. The number of nitrogens with two attached hydrogens (primary N) is 2. The van der Waals surface area contributed by atoms with Gasteiger partial charge in [0.15, 0.2) is 0 Å². The van der Waals surface area contributed by atoms with Gasteiger partial charge in [0.05, 0.1) is 6.54 Å². The largest absolute Gasteiger partial charge is 0.399 e. The van der Waals surface area contributed by atoms with Crippen LogP contribution in [0.3, 0.4) is 0 Å². The molecule has 3 rings (SSSR count). The van der Waals surface area contributed by atoms with Crippen LogP contribution in [0.1, 0.15) is 12.8 Å². The van der Waals surface area contributed by atoms with Crippen molar-refractivity contribution >= 4 is 29.9 Å². The maximum Gasteiger partial charge on any atom is 0.339 e. The van der Waals surface area contributed by atoms with Gasteiger partial charge >= 0.3 is 6.02 Å². The van der Waals surface area contributed by atoms with Crippen LogP contribution in [0.4, 0.5) is 5.69 Å². The van der Waals surface area contributed by atoms with E-state index in [1.165, 1.54) is 11.9 Å². The molecule has 0 bridgehead atoms. The van der Waals surface area contributed by atoms with Gasteiger partial charge in [-0.25, -0.2) is 5.01 Å². The number of anilines is 1. The quantitative estimate of drug-likeness (QED) is 0.282. The number of hydrogen-bond donors (Lipinski definition) is 2. The highest BCUT2D eigenvalue weighted by molar-refractivity contribution is 7.98. The van der Waals surface area contributed by atoms with Crippen LogP contribution in [0.15, 0.2) is 38.7 Å². The van der Waals surface area contributed by atoms with E-state index in [0.717, 1.165) is 31.0 Å². The lowest BCUT2D eigenvalue weighted by Gasteiger charge is -2.30. The van der Waals surface area contributed by atoms with E-state index < -0.39 is 0 Å². The summed E-state index contributed by atoms with van der Waals surface area (Å²) in [6.07, 6.45) is 3.88. The van der Waals surface area contributed by atoms with Crippen LogP contribution in [0, 0.1) is 5.41 Å². The summed E-state index contributed by atoms with van der Waals surface area (Å²) in [4.78, 5) is 5.85. The molecular formula is C14H19N5O2S. The molecule has 1 aromatic carbocycles. The van der Waals surface area contributed by atoms with Crippen molar-refractivity contribution in [2.24, 2.45) is 20.8 Å². The topological polar surface area (TPSA) is 98.5 Å². The van der Waals surface area contributed by atoms with Crippen molar-refractivity contribution < 1.29 is 9.57 Å². The van der Waals surface area contributed by atoms with Crippen LogP contribution in [-0.2, 0) is 9.57 Å². The van der Waals surface area contributed by atoms with Crippen LogP contribution >= 0.6 is 11.9 Å². The normalized spacial score (nSPS) is 20.6. The highest BCUT2D eigenvalue weighted by atomic mass is 32.2. The van der Waals surface area contributed by atoms with E-state index in [1.54, 1.807) is 5.01 Å². The van der Waals surface area contributed by atoms with E-state index in [1.807, 2.05) is 30.5 Å². The zero-order valence-corrected chi connectivity index (χ0v) is 13.0. The minimum Gasteiger partial charge on any atom is -0.399 e. The fourth-order valence-electron chi connectivity index (χ4n) is 2.50. The monoisotopic (exact) mass is 321 g/mol. The molecule has 2 heterocycles. The van der Waals surface area contributed by atoms with Gasteiger partial charge in [0, 0.05) is 47.4 Å². The predicted octanol–water partition coefficient (Wildman–Crippen LogP) is 1.62. The Bertz CT molecular complexity index is 569. The van der Waals surface area contributed by atoms with Gasteiger partial charge < -0.3 is 15.3 Å². The zero-order valence-electron chi connectivity index (χ0n) is 12.1. The minimum atomic E-state index is 0.0451. The summed E-state index contributed by atoms with van der Waals surface area (Å²) in [5.41, 5.74) is 6.42. The predicted molar refractivity (Wildman–Crippen MR) is 87.1 cm³/mol. The van der Waals surface area contributed by atoms with Crippen molar-refractivity contribution in [3.63, 3.8) is 0 Å². The molecule has 8 heteroatoms. The Morgan fingerprint density at radius 3 is 2.73 bits per heavy atom. The van der Waals surface area contributed by atoms with Gasteiger partial charge in [-0.1, -0.05) is 0 Å². The van der Waals surface area contributed by atoms with Crippen molar-refractivity contribution in [2.75, 3.05) is 25.5 Å². The molecule has 2 aliphatic heterocycles. The SMILES string of the molecule is NO/C(=N\Sc1ccc(N)cc1)N1CC2(C=N1)CCOCC2. The molecule has 0 radical (unpaired) electrons. The Morgan fingerprint density at radius 1 is 1.32 bits per heavy atom. The van der Waals surface area contributed by atoms with Crippen molar-refractivity contribution in [3.05, 3.63) is 24.3 Å². The molecule has 0 atom stereocenters. The second-order valence-corrected chi connectivity index (χ2v) is 6.27. The molecule has 0 aromatic heterocycles. The molecule has 0 amide bonds. The molecule has 118 valence electrons. The first kappa shape index (κ1) is 15.1. The number of nitrogens with zero attached hydrogens (tertiary/aromatic N) is 3. The fraction of sp³-hybridized carbons (Fsp3) is 0.429. The molecule has 1 fully saturated rings. The summed E-state index contributed by atoms with van der Waals surface area (Å²) < 4.78 is 9.74. The number of hydrogen-bond acceptors (Lipinski definition) is 7. The molecule has 22 heavy (non-hydrogen) atoms. The Balaban J connectivity index is 1.65. The first-order valence-corrected chi connectivity index (χ1v) is 7.86. The number of benzene rings is 1. The lowest BCUT2D eigenvalue weighted by Crippen LogP contribution is -2.38. The Morgan fingerprint density at radius 2 is 2.05 bits per heavy atom. The molecule has 1 aromatic rings. The molecule has 7 nitrogen and oxygen atoms in total. The van der Waals surface area contributed by atoms with Crippen LogP contribution in [0.5, 0.6) is 0 Å². The van der Waals surface area contributed by atoms with Gasteiger partial charge in [0.2, 0.25) is 0 Å². The second kappa shape index (κ2) is 6.55. The smallest absolute Gasteiger partial charge is 0.339 e. The third kappa shape index (κ3) is 3.34. The zero-order chi connectivity index (χ0) is 15.4. The van der Waals surface area contributed by atoms with Gasteiger partial charge in [0.1, 0.15) is 0 Å². The summed E-state index contributed by atoms with van der Waals surface area (Å²) in [5.74, 6) is 5.35. The Kier molecular flexibility index (Phi) is 4.51. The summed E-state index contributed by atoms with van der Waals surface area (Å²) in [6, 6.07) is 7.73. The minimum absolute atomic E-state index is 0.0451. The van der Waals surface area contributed by atoms with Crippen LogP contribution in [0.2, 0.25) is 0 Å². The molecule has 0 aliphatic carbocycles. The van der Waals surface area contributed by atoms with Gasteiger partial charge in [-0.05, 0) is 37.1 Å². The van der Waals surface area contributed by atoms with Gasteiger partial charge in [-0.2, -0.15) is 15.4 Å². The Labute approximate surface area is 133 Å². The van der Waals surface area contributed by atoms with Gasteiger partial charge in [-0.15, -0.1) is 0 Å². The molecular weight excluding hydrogens is 302 g/mol. The summed E-state index contributed by atoms with van der Waals surface area (Å²) in [6.45, 7) is 2.24. The third-order valence-electron chi connectivity index (χ3n) is 3.86. The number of ether oxygens (including phenoxy) is 1. The summed E-state index contributed by atoms with van der Waals surface area (Å²) >= 11 is 1.27. The van der Waals surface area contributed by atoms with Crippen molar-refractivity contribution in [2.45, 2.75) is 17.7 Å². The first-order valence-electron chi connectivity index (χ1n) is 7.08. The molecule has 0 saturated carbocycles. The maximum atomic E-state index is 5.66. The highest BCUT2D eigenvalue weighted by Gasteiger charge is 2.38. The number of amidine groups is 1. The third-order valence-corrected chi connectivity index (χ3v) is 4.59. The van der Waals surface area contributed by atoms with Gasteiger partial charge in [-0.3, -0.25) is 0 Å². The Hall–Kier alpha value is -1.77. The van der Waals surface area contributed by atoms with E-state index in [0.29, 0.717) is 18.3 Å². The molecule has 2 aliphatic rings. The van der Waals surface area contributed by atoms with E-state index in [4.69, 9.17) is 21.2 Å². The lowest BCUT2D eigenvalue weighted by molar-refractivity contribution is 0.0435. The first-order chi connectivity index (χ1) is 10.7. The lowest BCUT2D eigenvalue weighted by atomic mass is 9.82. The average molecular weight is 321 g/mol. The average Bonchev–Trinajstić information content (AvgIpc) is 2.94. The van der Waals surface area contributed by atoms with E-state index >= 15 is 0 Å². The fourth-order valence-corrected chi connectivity index (χ4v) is 3.08. The van der Waals surface area contributed by atoms with E-state index in [2.05, 4.69) is 9.50 Å². The summed E-state index contributed by atoms with van der Waals surface area (Å²) in [7, 11) is 0. The van der Waals surface area contributed by atoms with Gasteiger partial charge in [0.25, 0.3) is 0 Å². The molecule has 1 spiro atoms. The van der Waals surface area contributed by atoms with Crippen LogP contribution in [0.25, 0.3) is 0 Å². The van der Waals surface area contributed by atoms with Crippen molar-refractivity contribution in [3.8, 4) is 0 Å². The molecule has 0 unspecified atom stereocenters. The number of rotatable bonds is 2. The molecule has 1 saturated heterocycles. The van der Waals surface area contributed by atoms with Crippen LogP contribution < -0.4 is 11.6 Å². The van der Waals surface area contributed by atoms with Crippen molar-refractivity contribution in [1.29, 1.82) is 0 Å². The molecule has 4 N–H and O–H groups in total. The standard InChI is InChI=1S/C14H19N5O2S/c15-11-1-3-12(4-2-11)22-18-13(21-16)19-10-14(9-17-19)5-7-20-8-6-14/h1-4,9H,5-8,10,15-16H2/b18-13-. The highest BCUT2D eigenvalue weighted by Crippen LogP contribution is 2.34. The summed E-state index contributed by atoms with van der Waals surface area (Å²) in [5, 5.41) is 6.10. The maximum absolute atomic E-state index is 5.66. The number of nitrogen functional groups attached to an aromatic ring is 1.